The van der Waals surface area contributed by atoms with Gasteiger partial charge in [0.1, 0.15) is 6.54 Å². The van der Waals surface area contributed by atoms with Crippen molar-refractivity contribution in [2.75, 3.05) is 33.7 Å². The lowest BCUT2D eigenvalue weighted by atomic mass is 10.1. The second kappa shape index (κ2) is 5.14. The van der Waals surface area contributed by atoms with E-state index < -0.39 is 5.97 Å². The maximum Gasteiger partial charge on any atom is 0.323 e. The van der Waals surface area contributed by atoms with E-state index >= 15 is 0 Å². The Morgan fingerprint density at radius 1 is 1.28 bits per heavy atom. The van der Waals surface area contributed by atoms with E-state index in [4.69, 9.17) is 5.11 Å². The molecule has 18 heavy (non-hydrogen) atoms. The van der Waals surface area contributed by atoms with E-state index in [1.807, 2.05) is 0 Å². The number of hydrogen-bond donors (Lipinski definition) is 1. The summed E-state index contributed by atoms with van der Waals surface area (Å²) < 4.78 is 0. The van der Waals surface area contributed by atoms with Crippen LogP contribution < -0.4 is 0 Å². The van der Waals surface area contributed by atoms with Crippen molar-refractivity contribution in [3.8, 4) is 0 Å². The van der Waals surface area contributed by atoms with Gasteiger partial charge in [0, 0.05) is 32.2 Å². The maximum atomic E-state index is 12.1. The second-order valence-electron chi connectivity index (χ2n) is 5.32. The third-order valence-corrected chi connectivity index (χ3v) is 4.12. The first kappa shape index (κ1) is 13.1. The van der Waals surface area contributed by atoms with Crippen molar-refractivity contribution in [2.45, 2.75) is 31.3 Å². The first-order valence-electron chi connectivity index (χ1n) is 6.43. The van der Waals surface area contributed by atoms with Crippen molar-refractivity contribution >= 4 is 12.0 Å². The predicted molar refractivity (Wildman–Crippen MR) is 66.4 cm³/mol. The van der Waals surface area contributed by atoms with Crippen LogP contribution >= 0.6 is 0 Å². The molecule has 0 aromatic carbocycles. The van der Waals surface area contributed by atoms with Crippen molar-refractivity contribution in [1.82, 2.24) is 14.7 Å². The number of amides is 2. The normalized spacial score (nSPS) is 28.0. The molecule has 0 aromatic heterocycles. The summed E-state index contributed by atoms with van der Waals surface area (Å²) in [6.45, 7) is 1.21. The molecule has 0 radical (unpaired) electrons. The van der Waals surface area contributed by atoms with Crippen LogP contribution in [0.15, 0.2) is 0 Å². The van der Waals surface area contributed by atoms with Gasteiger partial charge in [-0.3, -0.25) is 9.69 Å². The number of carbonyl (C=O) groups excluding carboxylic acids is 1. The molecule has 0 spiro atoms. The third kappa shape index (κ3) is 2.58. The molecule has 2 heterocycles. The molecule has 2 fully saturated rings. The molecular formula is C12H21N3O3. The lowest BCUT2D eigenvalue weighted by Gasteiger charge is -2.29. The number of carboxylic acid groups (broad SMARTS) is 1. The number of rotatable bonds is 2. The number of aliphatic carboxylic acids is 1. The highest BCUT2D eigenvalue weighted by molar-refractivity contribution is 5.80. The average Bonchev–Trinajstić information content (AvgIpc) is 2.51. The zero-order valence-electron chi connectivity index (χ0n) is 11.0. The van der Waals surface area contributed by atoms with Gasteiger partial charge in [0.15, 0.2) is 0 Å². The van der Waals surface area contributed by atoms with E-state index in [2.05, 4.69) is 11.9 Å². The number of nitrogens with zero attached hydrogens (tertiary/aromatic N) is 3. The molecule has 1 N–H and O–H groups in total. The monoisotopic (exact) mass is 255 g/mol. The fourth-order valence-electron chi connectivity index (χ4n) is 2.99. The summed E-state index contributed by atoms with van der Waals surface area (Å²) in [4.78, 5) is 28.2. The number of hydrogen-bond acceptors (Lipinski definition) is 3. The smallest absolute Gasteiger partial charge is 0.323 e. The summed E-state index contributed by atoms with van der Waals surface area (Å²) in [5, 5.41) is 8.71. The highest BCUT2D eigenvalue weighted by Gasteiger charge is 2.36. The van der Waals surface area contributed by atoms with Gasteiger partial charge in [-0.05, 0) is 26.3 Å². The molecular weight excluding hydrogens is 234 g/mol. The van der Waals surface area contributed by atoms with E-state index in [0.29, 0.717) is 12.1 Å². The van der Waals surface area contributed by atoms with Crippen molar-refractivity contribution in [2.24, 2.45) is 0 Å². The highest BCUT2D eigenvalue weighted by Crippen LogP contribution is 2.28. The van der Waals surface area contributed by atoms with Crippen molar-refractivity contribution in [3.63, 3.8) is 0 Å². The number of likely N-dealkylation sites (N-methyl/N-ethyl adjacent to an activating group) is 2. The van der Waals surface area contributed by atoms with Gasteiger partial charge in [-0.25, -0.2) is 4.79 Å². The van der Waals surface area contributed by atoms with Gasteiger partial charge in [-0.1, -0.05) is 0 Å². The molecule has 2 amide bonds. The summed E-state index contributed by atoms with van der Waals surface area (Å²) in [5.41, 5.74) is 0. The lowest BCUT2D eigenvalue weighted by molar-refractivity contribution is -0.137. The van der Waals surface area contributed by atoms with Gasteiger partial charge in [-0.2, -0.15) is 0 Å². The van der Waals surface area contributed by atoms with Crippen molar-refractivity contribution in [3.05, 3.63) is 0 Å². The maximum absolute atomic E-state index is 12.1. The third-order valence-electron chi connectivity index (χ3n) is 4.12. The zero-order chi connectivity index (χ0) is 13.3. The Labute approximate surface area is 107 Å². The summed E-state index contributed by atoms with van der Waals surface area (Å²) in [7, 11) is 3.67. The number of urea groups is 1. The zero-order valence-corrected chi connectivity index (χ0v) is 11.0. The molecule has 0 saturated carbocycles. The Bertz CT molecular complexity index is 347. The molecule has 2 rings (SSSR count). The predicted octanol–water partition coefficient (Wildman–Crippen LogP) is 0.291. The number of carboxylic acids is 1. The van der Waals surface area contributed by atoms with Gasteiger partial charge in [-0.15, -0.1) is 0 Å². The molecule has 2 aliphatic heterocycles. The van der Waals surface area contributed by atoms with Gasteiger partial charge < -0.3 is 14.9 Å². The summed E-state index contributed by atoms with van der Waals surface area (Å²) in [6.07, 6.45) is 3.33. The largest absolute Gasteiger partial charge is 0.480 e. The minimum Gasteiger partial charge on any atom is -0.480 e. The van der Waals surface area contributed by atoms with Crippen LogP contribution in [0.4, 0.5) is 4.79 Å². The SMILES string of the molecule is CN(CC(=O)O)C(=O)N1CCC2CCC(C1)N2C. The minimum absolute atomic E-state index is 0.168. The van der Waals surface area contributed by atoms with Crippen molar-refractivity contribution < 1.29 is 14.7 Å². The molecule has 2 unspecified atom stereocenters. The fraction of sp³-hybridized carbons (Fsp3) is 0.833. The molecule has 2 atom stereocenters. The Balaban J connectivity index is 1.97. The van der Waals surface area contributed by atoms with Crippen LogP contribution in [-0.4, -0.2) is 77.6 Å². The van der Waals surface area contributed by atoms with Gasteiger partial charge in [0.2, 0.25) is 0 Å². The van der Waals surface area contributed by atoms with Crippen LogP contribution in [0.25, 0.3) is 0 Å². The topological polar surface area (TPSA) is 64.1 Å². The molecule has 0 aromatic rings. The molecule has 6 heteroatoms. The summed E-state index contributed by atoms with van der Waals surface area (Å²) in [6, 6.07) is 0.843. The molecule has 0 aliphatic carbocycles. The van der Waals surface area contributed by atoms with E-state index in [-0.39, 0.29) is 12.6 Å². The Morgan fingerprint density at radius 3 is 2.61 bits per heavy atom. The van der Waals surface area contributed by atoms with Crippen LogP contribution in [0.2, 0.25) is 0 Å². The van der Waals surface area contributed by atoms with E-state index in [0.717, 1.165) is 25.9 Å². The Kier molecular flexibility index (Phi) is 3.75. The minimum atomic E-state index is -0.973. The van der Waals surface area contributed by atoms with Crippen LogP contribution in [0.5, 0.6) is 0 Å². The van der Waals surface area contributed by atoms with Crippen LogP contribution in [0, 0.1) is 0 Å². The molecule has 2 bridgehead atoms. The van der Waals surface area contributed by atoms with Gasteiger partial charge in [0.25, 0.3) is 0 Å². The quantitative estimate of drug-likeness (QED) is 0.770. The Morgan fingerprint density at radius 2 is 1.94 bits per heavy atom. The molecule has 6 nitrogen and oxygen atoms in total. The molecule has 2 aliphatic rings. The second-order valence-corrected chi connectivity index (χ2v) is 5.32. The first-order valence-corrected chi connectivity index (χ1v) is 6.43. The van der Waals surface area contributed by atoms with Crippen LogP contribution in [-0.2, 0) is 4.79 Å². The van der Waals surface area contributed by atoms with Gasteiger partial charge >= 0.3 is 12.0 Å². The fourth-order valence-corrected chi connectivity index (χ4v) is 2.99. The first-order chi connectivity index (χ1) is 8.49. The van der Waals surface area contributed by atoms with Crippen molar-refractivity contribution in [1.29, 1.82) is 0 Å². The number of carbonyl (C=O) groups is 2. The number of fused-ring (bicyclic) bond motifs is 2. The van der Waals surface area contributed by atoms with E-state index in [1.54, 1.807) is 11.9 Å². The van der Waals surface area contributed by atoms with Crippen LogP contribution in [0.3, 0.4) is 0 Å². The molecule has 2 saturated heterocycles. The highest BCUT2D eigenvalue weighted by atomic mass is 16.4. The van der Waals surface area contributed by atoms with E-state index in [1.165, 1.54) is 11.3 Å². The molecule has 102 valence electrons. The lowest BCUT2D eigenvalue weighted by Crippen LogP contribution is -2.46. The van der Waals surface area contributed by atoms with Crippen LogP contribution in [0.1, 0.15) is 19.3 Å². The Hall–Kier alpha value is -1.30. The van der Waals surface area contributed by atoms with E-state index in [9.17, 15) is 9.59 Å². The summed E-state index contributed by atoms with van der Waals surface area (Å²) in [5.74, 6) is -0.973. The standard InChI is InChI=1S/C12H21N3O3/c1-13(8-11(16)17)12(18)15-6-5-9-3-4-10(7-15)14(9)2/h9-10H,3-8H2,1-2H3,(H,16,17). The summed E-state index contributed by atoms with van der Waals surface area (Å²) >= 11 is 0. The number of likely N-dealkylation sites (tertiary alicyclic amines) is 1. The average molecular weight is 255 g/mol. The van der Waals surface area contributed by atoms with Gasteiger partial charge in [0.05, 0.1) is 0 Å².